The Morgan fingerprint density at radius 3 is 2.29 bits per heavy atom. The van der Waals surface area contributed by atoms with Gasteiger partial charge >= 0.3 is 11.9 Å². The van der Waals surface area contributed by atoms with Crippen molar-refractivity contribution in [3.63, 3.8) is 0 Å². The van der Waals surface area contributed by atoms with Crippen LogP contribution in [0.2, 0.25) is 0 Å². The van der Waals surface area contributed by atoms with E-state index >= 15 is 0 Å². The van der Waals surface area contributed by atoms with E-state index < -0.39 is 23.8 Å². The minimum atomic E-state index is -0.892. The number of ketones is 1. The van der Waals surface area contributed by atoms with Crippen molar-refractivity contribution < 1.29 is 23.9 Å². The van der Waals surface area contributed by atoms with Crippen LogP contribution in [0.5, 0.6) is 0 Å². The zero-order valence-electron chi connectivity index (χ0n) is 8.53. The topological polar surface area (TPSA) is 69.7 Å². The molecule has 0 heterocycles. The molecular weight excluding hydrogens is 188 g/mol. The first-order valence-electron chi connectivity index (χ1n) is 4.33. The second-order valence-corrected chi connectivity index (χ2v) is 2.70. The second kappa shape index (κ2) is 6.12. The van der Waals surface area contributed by atoms with E-state index in [1.807, 2.05) is 0 Å². The number of rotatable bonds is 5. The van der Waals surface area contributed by atoms with Crippen molar-refractivity contribution in [2.24, 2.45) is 0 Å². The number of ether oxygens (including phenoxy) is 2. The highest BCUT2D eigenvalue weighted by molar-refractivity contribution is 5.98. The molecular formula is C9H14O5. The molecule has 0 aromatic heterocycles. The lowest BCUT2D eigenvalue weighted by atomic mass is 10.2. The largest absolute Gasteiger partial charge is 0.466 e. The first-order valence-corrected chi connectivity index (χ1v) is 4.33. The third kappa shape index (κ3) is 5.29. The monoisotopic (exact) mass is 202 g/mol. The lowest BCUT2D eigenvalue weighted by molar-refractivity contribution is -0.155. The fraction of sp³-hybridized carbons (Fsp3) is 0.667. The zero-order valence-corrected chi connectivity index (χ0v) is 8.53. The van der Waals surface area contributed by atoms with Crippen molar-refractivity contribution in [2.75, 3.05) is 6.61 Å². The molecule has 0 saturated heterocycles. The SMILES string of the molecule is CCOC(=O)CC(=O)[C@H](C)OC(C)=O. The number of esters is 2. The summed E-state index contributed by atoms with van der Waals surface area (Å²) >= 11 is 0. The van der Waals surface area contributed by atoms with E-state index in [0.29, 0.717) is 0 Å². The van der Waals surface area contributed by atoms with Crippen molar-refractivity contribution in [2.45, 2.75) is 33.3 Å². The summed E-state index contributed by atoms with van der Waals surface area (Å²) in [5, 5.41) is 0. The quantitative estimate of drug-likeness (QED) is 0.478. The summed E-state index contributed by atoms with van der Waals surface area (Å²) in [6, 6.07) is 0. The Morgan fingerprint density at radius 2 is 1.86 bits per heavy atom. The average Bonchev–Trinajstić information content (AvgIpc) is 2.02. The molecule has 0 saturated carbocycles. The molecule has 0 bridgehead atoms. The number of carbonyl (C=O) groups is 3. The van der Waals surface area contributed by atoms with Crippen LogP contribution in [0.15, 0.2) is 0 Å². The maximum Gasteiger partial charge on any atom is 0.313 e. The predicted octanol–water partition coefficient (Wildman–Crippen LogP) is 0.460. The number of hydrogen-bond acceptors (Lipinski definition) is 5. The van der Waals surface area contributed by atoms with Crippen LogP contribution in [0, 0.1) is 0 Å². The van der Waals surface area contributed by atoms with Gasteiger partial charge in [-0.15, -0.1) is 0 Å². The van der Waals surface area contributed by atoms with Crippen LogP contribution in [0.25, 0.3) is 0 Å². The molecule has 0 unspecified atom stereocenters. The van der Waals surface area contributed by atoms with E-state index in [1.165, 1.54) is 13.8 Å². The highest BCUT2D eigenvalue weighted by Gasteiger charge is 2.19. The molecule has 5 nitrogen and oxygen atoms in total. The van der Waals surface area contributed by atoms with Gasteiger partial charge in [-0.1, -0.05) is 0 Å². The van der Waals surface area contributed by atoms with Crippen molar-refractivity contribution in [3.8, 4) is 0 Å². The van der Waals surface area contributed by atoms with Crippen LogP contribution in [0.1, 0.15) is 27.2 Å². The molecule has 0 aromatic carbocycles. The Balaban J connectivity index is 3.95. The number of hydrogen-bond donors (Lipinski definition) is 0. The molecule has 0 aliphatic heterocycles. The fourth-order valence-electron chi connectivity index (χ4n) is 0.813. The van der Waals surface area contributed by atoms with Gasteiger partial charge in [-0.2, -0.15) is 0 Å². The van der Waals surface area contributed by atoms with Crippen LogP contribution in [-0.2, 0) is 23.9 Å². The van der Waals surface area contributed by atoms with Crippen molar-refractivity contribution in [1.29, 1.82) is 0 Å². The van der Waals surface area contributed by atoms with Gasteiger partial charge < -0.3 is 9.47 Å². The first-order chi connectivity index (χ1) is 6.47. The molecule has 5 heteroatoms. The van der Waals surface area contributed by atoms with E-state index in [0.717, 1.165) is 0 Å². The van der Waals surface area contributed by atoms with E-state index in [2.05, 4.69) is 9.47 Å². The third-order valence-electron chi connectivity index (χ3n) is 1.42. The van der Waals surface area contributed by atoms with Gasteiger partial charge in [0.2, 0.25) is 0 Å². The van der Waals surface area contributed by atoms with Gasteiger partial charge in [0.25, 0.3) is 0 Å². The van der Waals surface area contributed by atoms with Gasteiger partial charge in [0.05, 0.1) is 6.61 Å². The van der Waals surface area contributed by atoms with Gasteiger partial charge in [0, 0.05) is 6.92 Å². The Kier molecular flexibility index (Phi) is 5.52. The van der Waals surface area contributed by atoms with Crippen LogP contribution < -0.4 is 0 Å². The predicted molar refractivity (Wildman–Crippen MR) is 47.5 cm³/mol. The zero-order chi connectivity index (χ0) is 11.1. The van der Waals surface area contributed by atoms with E-state index in [4.69, 9.17) is 0 Å². The number of carbonyl (C=O) groups excluding carboxylic acids is 3. The van der Waals surface area contributed by atoms with E-state index in [1.54, 1.807) is 6.92 Å². The van der Waals surface area contributed by atoms with Crippen LogP contribution in [-0.4, -0.2) is 30.4 Å². The summed E-state index contributed by atoms with van der Waals surface area (Å²) in [4.78, 5) is 32.5. The van der Waals surface area contributed by atoms with Crippen molar-refractivity contribution >= 4 is 17.7 Å². The number of Topliss-reactive ketones (excluding diaryl/α,β-unsaturated/α-hetero) is 1. The molecule has 0 aliphatic rings. The van der Waals surface area contributed by atoms with Gasteiger partial charge in [0.1, 0.15) is 6.42 Å². The van der Waals surface area contributed by atoms with Crippen LogP contribution in [0.4, 0.5) is 0 Å². The summed E-state index contributed by atoms with van der Waals surface area (Å²) in [6.07, 6.45) is -1.25. The second-order valence-electron chi connectivity index (χ2n) is 2.70. The molecule has 80 valence electrons. The Morgan fingerprint density at radius 1 is 1.29 bits per heavy atom. The molecule has 0 fully saturated rings. The molecule has 0 radical (unpaired) electrons. The maximum atomic E-state index is 11.2. The standard InChI is InChI=1S/C9H14O5/c1-4-13-9(12)5-8(11)6(2)14-7(3)10/h6H,4-5H2,1-3H3/t6-/m0/s1. The third-order valence-corrected chi connectivity index (χ3v) is 1.42. The van der Waals surface area contributed by atoms with Crippen LogP contribution in [0.3, 0.4) is 0 Å². The maximum absolute atomic E-state index is 11.2. The molecule has 1 atom stereocenters. The highest BCUT2D eigenvalue weighted by Crippen LogP contribution is 1.99. The Bertz CT molecular complexity index is 233. The molecule has 0 aromatic rings. The summed E-state index contributed by atoms with van der Waals surface area (Å²) in [7, 11) is 0. The minimum absolute atomic E-state index is 0.230. The summed E-state index contributed by atoms with van der Waals surface area (Å²) in [5.74, 6) is -1.61. The van der Waals surface area contributed by atoms with Gasteiger partial charge in [0.15, 0.2) is 11.9 Å². The summed E-state index contributed by atoms with van der Waals surface area (Å²) in [5.41, 5.74) is 0. The van der Waals surface area contributed by atoms with Crippen molar-refractivity contribution in [3.05, 3.63) is 0 Å². The van der Waals surface area contributed by atoms with Gasteiger partial charge in [-0.05, 0) is 13.8 Å². The normalized spacial score (nSPS) is 11.6. The first kappa shape index (κ1) is 12.6. The van der Waals surface area contributed by atoms with E-state index in [-0.39, 0.29) is 13.0 Å². The molecule has 0 rings (SSSR count). The Labute approximate surface area is 82.4 Å². The minimum Gasteiger partial charge on any atom is -0.466 e. The smallest absolute Gasteiger partial charge is 0.313 e. The fourth-order valence-corrected chi connectivity index (χ4v) is 0.813. The Hall–Kier alpha value is -1.39. The summed E-state index contributed by atoms with van der Waals surface area (Å²) in [6.45, 7) is 4.50. The molecule has 0 spiro atoms. The molecule has 0 N–H and O–H groups in total. The lowest BCUT2D eigenvalue weighted by Gasteiger charge is -2.09. The highest BCUT2D eigenvalue weighted by atomic mass is 16.5. The molecule has 0 amide bonds. The summed E-state index contributed by atoms with van der Waals surface area (Å²) < 4.78 is 9.16. The van der Waals surface area contributed by atoms with Crippen LogP contribution >= 0.6 is 0 Å². The van der Waals surface area contributed by atoms with Gasteiger partial charge in [-0.25, -0.2) is 0 Å². The lowest BCUT2D eigenvalue weighted by Crippen LogP contribution is -2.25. The average molecular weight is 202 g/mol. The van der Waals surface area contributed by atoms with Gasteiger partial charge in [-0.3, -0.25) is 14.4 Å². The molecule has 14 heavy (non-hydrogen) atoms. The van der Waals surface area contributed by atoms with E-state index in [9.17, 15) is 14.4 Å². The van der Waals surface area contributed by atoms with Crippen molar-refractivity contribution in [1.82, 2.24) is 0 Å². The molecule has 0 aliphatic carbocycles.